The average molecular weight is 258 g/mol. The zero-order chi connectivity index (χ0) is 12.8. The number of carbonyl (C=O) groups excluding carboxylic acids is 1. The molecule has 0 aromatic heterocycles. The number of aliphatic hydroxyl groups is 1. The van der Waals surface area contributed by atoms with Gasteiger partial charge in [0.2, 0.25) is 0 Å². The molecular formula is C12H16ClNO3. The van der Waals surface area contributed by atoms with E-state index in [1.54, 1.807) is 25.1 Å². The second kappa shape index (κ2) is 6.47. The van der Waals surface area contributed by atoms with E-state index in [9.17, 15) is 4.79 Å². The summed E-state index contributed by atoms with van der Waals surface area (Å²) in [6.07, 6.45) is -0.604. The van der Waals surface area contributed by atoms with Crippen molar-refractivity contribution in [3.63, 3.8) is 0 Å². The summed E-state index contributed by atoms with van der Waals surface area (Å²) in [5, 5.41) is 12.0. The highest BCUT2D eigenvalue weighted by molar-refractivity contribution is 6.32. The van der Waals surface area contributed by atoms with Gasteiger partial charge in [0, 0.05) is 6.54 Å². The molecule has 1 unspecified atom stereocenters. The van der Waals surface area contributed by atoms with Crippen molar-refractivity contribution in [1.82, 2.24) is 5.32 Å². The number of ether oxygens (including phenoxy) is 1. The molecule has 0 aliphatic heterocycles. The first-order chi connectivity index (χ1) is 8.08. The molecule has 0 bridgehead atoms. The predicted molar refractivity (Wildman–Crippen MR) is 66.1 cm³/mol. The van der Waals surface area contributed by atoms with E-state index in [-0.39, 0.29) is 12.5 Å². The van der Waals surface area contributed by atoms with Gasteiger partial charge in [0.25, 0.3) is 5.91 Å². The monoisotopic (exact) mass is 257 g/mol. The standard InChI is InChI=1S/C12H16ClNO3/c1-3-14-12(16)8(2)17-11-5-4-9(7-15)6-10(11)13/h4-6,8,15H,3,7H2,1-2H3,(H,14,16). The van der Waals surface area contributed by atoms with Crippen molar-refractivity contribution in [2.45, 2.75) is 26.6 Å². The molecule has 0 fully saturated rings. The number of halogens is 1. The van der Waals surface area contributed by atoms with Gasteiger partial charge >= 0.3 is 0 Å². The molecule has 2 N–H and O–H groups in total. The number of carbonyl (C=O) groups is 1. The van der Waals surface area contributed by atoms with Crippen LogP contribution in [0.15, 0.2) is 18.2 Å². The smallest absolute Gasteiger partial charge is 0.260 e. The van der Waals surface area contributed by atoms with E-state index >= 15 is 0 Å². The maximum atomic E-state index is 11.5. The molecule has 1 atom stereocenters. The Morgan fingerprint density at radius 2 is 2.29 bits per heavy atom. The molecule has 0 aliphatic rings. The first-order valence-electron chi connectivity index (χ1n) is 5.42. The molecule has 0 aliphatic carbocycles. The third kappa shape index (κ3) is 3.91. The van der Waals surface area contributed by atoms with Gasteiger partial charge in [-0.05, 0) is 31.5 Å². The minimum Gasteiger partial charge on any atom is -0.479 e. The molecule has 1 rings (SSSR count). The van der Waals surface area contributed by atoms with Gasteiger partial charge in [0.15, 0.2) is 6.10 Å². The number of hydrogen-bond acceptors (Lipinski definition) is 3. The van der Waals surface area contributed by atoms with Gasteiger partial charge in [-0.3, -0.25) is 4.79 Å². The lowest BCUT2D eigenvalue weighted by atomic mass is 10.2. The second-order valence-electron chi connectivity index (χ2n) is 3.58. The summed E-state index contributed by atoms with van der Waals surface area (Å²) in [4.78, 5) is 11.5. The first-order valence-corrected chi connectivity index (χ1v) is 5.80. The van der Waals surface area contributed by atoms with Crippen LogP contribution in [-0.4, -0.2) is 23.7 Å². The number of nitrogens with one attached hydrogen (secondary N) is 1. The topological polar surface area (TPSA) is 58.6 Å². The molecule has 0 spiro atoms. The second-order valence-corrected chi connectivity index (χ2v) is 3.98. The van der Waals surface area contributed by atoms with E-state index in [2.05, 4.69) is 5.32 Å². The Labute approximate surface area is 106 Å². The van der Waals surface area contributed by atoms with E-state index < -0.39 is 6.10 Å². The van der Waals surface area contributed by atoms with E-state index in [1.165, 1.54) is 0 Å². The molecule has 0 saturated heterocycles. The highest BCUT2D eigenvalue weighted by Gasteiger charge is 2.15. The lowest BCUT2D eigenvalue weighted by Crippen LogP contribution is -2.36. The third-order valence-electron chi connectivity index (χ3n) is 2.20. The molecule has 17 heavy (non-hydrogen) atoms. The number of rotatable bonds is 5. The molecule has 0 heterocycles. The summed E-state index contributed by atoms with van der Waals surface area (Å²) >= 11 is 5.97. The Hall–Kier alpha value is -1.26. The number of amides is 1. The Bertz CT molecular complexity index is 395. The van der Waals surface area contributed by atoms with E-state index in [0.717, 1.165) is 0 Å². The zero-order valence-corrected chi connectivity index (χ0v) is 10.6. The van der Waals surface area contributed by atoms with Crippen LogP contribution in [0.1, 0.15) is 19.4 Å². The third-order valence-corrected chi connectivity index (χ3v) is 2.50. The Morgan fingerprint density at radius 3 is 2.82 bits per heavy atom. The largest absolute Gasteiger partial charge is 0.479 e. The van der Waals surface area contributed by atoms with Crippen LogP contribution in [0.5, 0.6) is 5.75 Å². The maximum absolute atomic E-state index is 11.5. The molecule has 1 aromatic rings. The van der Waals surface area contributed by atoms with Crippen molar-refractivity contribution < 1.29 is 14.6 Å². The molecule has 0 radical (unpaired) electrons. The fraction of sp³-hybridized carbons (Fsp3) is 0.417. The maximum Gasteiger partial charge on any atom is 0.260 e. The number of benzene rings is 1. The minimum atomic E-state index is -0.604. The lowest BCUT2D eigenvalue weighted by Gasteiger charge is -2.15. The Kier molecular flexibility index (Phi) is 5.25. The summed E-state index contributed by atoms with van der Waals surface area (Å²) in [5.41, 5.74) is 0.702. The van der Waals surface area contributed by atoms with Gasteiger partial charge in [0.05, 0.1) is 11.6 Å². The van der Waals surface area contributed by atoms with Crippen LogP contribution in [0.4, 0.5) is 0 Å². The number of likely N-dealkylation sites (N-methyl/N-ethyl adjacent to an activating group) is 1. The summed E-state index contributed by atoms with van der Waals surface area (Å²) in [7, 11) is 0. The summed E-state index contributed by atoms with van der Waals surface area (Å²) in [5.74, 6) is 0.248. The predicted octanol–water partition coefficient (Wildman–Crippen LogP) is 1.74. The SMILES string of the molecule is CCNC(=O)C(C)Oc1ccc(CO)cc1Cl. The zero-order valence-electron chi connectivity index (χ0n) is 9.87. The number of hydrogen-bond donors (Lipinski definition) is 2. The van der Waals surface area contributed by atoms with Crippen LogP contribution in [-0.2, 0) is 11.4 Å². The minimum absolute atomic E-state index is 0.0775. The van der Waals surface area contributed by atoms with Crippen LogP contribution in [0, 0.1) is 0 Å². The fourth-order valence-electron chi connectivity index (χ4n) is 1.30. The summed E-state index contributed by atoms with van der Waals surface area (Å²) in [6.45, 7) is 3.98. The van der Waals surface area contributed by atoms with Gasteiger partial charge in [-0.15, -0.1) is 0 Å². The molecular weight excluding hydrogens is 242 g/mol. The van der Waals surface area contributed by atoms with Crippen molar-refractivity contribution in [1.29, 1.82) is 0 Å². The molecule has 5 heteroatoms. The Balaban J connectivity index is 2.71. The highest BCUT2D eigenvalue weighted by Crippen LogP contribution is 2.26. The van der Waals surface area contributed by atoms with Crippen LogP contribution >= 0.6 is 11.6 Å². The van der Waals surface area contributed by atoms with Crippen LogP contribution < -0.4 is 10.1 Å². The molecule has 0 saturated carbocycles. The van der Waals surface area contributed by atoms with Gasteiger partial charge in [-0.25, -0.2) is 0 Å². The molecule has 4 nitrogen and oxygen atoms in total. The van der Waals surface area contributed by atoms with E-state index in [0.29, 0.717) is 22.9 Å². The van der Waals surface area contributed by atoms with Crippen molar-refractivity contribution in [3.8, 4) is 5.75 Å². The van der Waals surface area contributed by atoms with Crippen LogP contribution in [0.25, 0.3) is 0 Å². The van der Waals surface area contributed by atoms with Crippen LogP contribution in [0.3, 0.4) is 0 Å². The molecule has 1 aromatic carbocycles. The summed E-state index contributed by atoms with van der Waals surface area (Å²) in [6, 6.07) is 4.95. The first kappa shape index (κ1) is 13.8. The van der Waals surface area contributed by atoms with Crippen molar-refractivity contribution >= 4 is 17.5 Å². The van der Waals surface area contributed by atoms with Gasteiger partial charge in [-0.2, -0.15) is 0 Å². The molecule has 94 valence electrons. The van der Waals surface area contributed by atoms with Crippen molar-refractivity contribution in [3.05, 3.63) is 28.8 Å². The number of aliphatic hydroxyl groups excluding tert-OH is 1. The van der Waals surface area contributed by atoms with Crippen molar-refractivity contribution in [2.24, 2.45) is 0 Å². The van der Waals surface area contributed by atoms with Gasteiger partial charge in [0.1, 0.15) is 5.75 Å². The van der Waals surface area contributed by atoms with Crippen LogP contribution in [0.2, 0.25) is 5.02 Å². The quantitative estimate of drug-likeness (QED) is 0.845. The van der Waals surface area contributed by atoms with E-state index in [1.807, 2.05) is 6.92 Å². The normalized spacial score (nSPS) is 12.0. The van der Waals surface area contributed by atoms with Crippen molar-refractivity contribution in [2.75, 3.05) is 6.54 Å². The van der Waals surface area contributed by atoms with Gasteiger partial charge < -0.3 is 15.2 Å². The molecule has 1 amide bonds. The van der Waals surface area contributed by atoms with E-state index in [4.69, 9.17) is 21.4 Å². The lowest BCUT2D eigenvalue weighted by molar-refractivity contribution is -0.127. The average Bonchev–Trinajstić information content (AvgIpc) is 2.31. The highest BCUT2D eigenvalue weighted by atomic mass is 35.5. The summed E-state index contributed by atoms with van der Waals surface area (Å²) < 4.78 is 5.43. The Morgan fingerprint density at radius 1 is 1.59 bits per heavy atom. The fourth-order valence-corrected chi connectivity index (χ4v) is 1.55. The van der Waals surface area contributed by atoms with Gasteiger partial charge in [-0.1, -0.05) is 17.7 Å².